The van der Waals surface area contributed by atoms with Gasteiger partial charge in [-0.25, -0.2) is 13.4 Å². The average Bonchev–Trinajstić information content (AvgIpc) is 2.82. The summed E-state index contributed by atoms with van der Waals surface area (Å²) in [7, 11) is -3.21. The zero-order chi connectivity index (χ0) is 13.2. The third-order valence-corrected chi connectivity index (χ3v) is 3.92. The van der Waals surface area contributed by atoms with Crippen LogP contribution in [0.2, 0.25) is 0 Å². The Morgan fingerprint density at radius 2 is 1.94 bits per heavy atom. The Hall–Kier alpha value is -1.73. The minimum absolute atomic E-state index is 0.217. The van der Waals surface area contributed by atoms with Crippen LogP contribution in [-0.2, 0) is 9.84 Å². The normalized spacial score (nSPS) is 11.2. The smallest absolute Gasteiger partial charge is 0.275 e. The van der Waals surface area contributed by atoms with Gasteiger partial charge in [0.25, 0.3) is 5.91 Å². The molecule has 5 nitrogen and oxygen atoms in total. The molecule has 0 atom stereocenters. The van der Waals surface area contributed by atoms with Crippen LogP contribution < -0.4 is 5.32 Å². The molecule has 0 unspecified atom stereocenters. The summed E-state index contributed by atoms with van der Waals surface area (Å²) in [5, 5.41) is 4.27. The first-order valence-corrected chi connectivity index (χ1v) is 7.80. The van der Waals surface area contributed by atoms with E-state index in [-0.39, 0.29) is 10.8 Å². The van der Waals surface area contributed by atoms with E-state index in [1.54, 1.807) is 23.0 Å². The topological polar surface area (TPSA) is 76.1 Å². The molecule has 0 aliphatic carbocycles. The van der Waals surface area contributed by atoms with Gasteiger partial charge in [-0.3, -0.25) is 4.79 Å². The van der Waals surface area contributed by atoms with Crippen molar-refractivity contribution in [1.82, 2.24) is 4.98 Å². The molecular weight excluding hydrogens is 272 g/mol. The first kappa shape index (κ1) is 12.7. The number of aromatic nitrogens is 1. The number of amides is 1. The maximum absolute atomic E-state index is 11.7. The first-order valence-electron chi connectivity index (χ1n) is 4.96. The molecule has 0 fully saturated rings. The van der Waals surface area contributed by atoms with Gasteiger partial charge < -0.3 is 5.32 Å². The molecule has 0 saturated carbocycles. The zero-order valence-electron chi connectivity index (χ0n) is 9.45. The first-order chi connectivity index (χ1) is 8.47. The number of carbonyl (C=O) groups is 1. The van der Waals surface area contributed by atoms with Crippen LogP contribution in [0.25, 0.3) is 0 Å². The highest BCUT2D eigenvalue weighted by Gasteiger charge is 2.09. The molecule has 0 aliphatic heterocycles. The Bertz CT molecular complexity index is 646. The predicted octanol–water partition coefficient (Wildman–Crippen LogP) is 1.80. The van der Waals surface area contributed by atoms with Crippen molar-refractivity contribution in [2.75, 3.05) is 11.6 Å². The van der Waals surface area contributed by atoms with Crippen molar-refractivity contribution in [1.29, 1.82) is 0 Å². The van der Waals surface area contributed by atoms with Crippen molar-refractivity contribution in [3.05, 3.63) is 40.8 Å². The molecule has 2 aromatic rings. The second kappa shape index (κ2) is 4.87. The molecule has 1 aromatic heterocycles. The Balaban J connectivity index is 2.14. The van der Waals surface area contributed by atoms with E-state index >= 15 is 0 Å². The summed E-state index contributed by atoms with van der Waals surface area (Å²) in [4.78, 5) is 15.8. The molecule has 0 radical (unpaired) electrons. The predicted molar refractivity (Wildman–Crippen MR) is 69.6 cm³/mol. The number of sulfone groups is 1. The molecule has 7 heteroatoms. The SMILES string of the molecule is CS(=O)(=O)c1ccc(NC(=O)c2cscn2)cc1. The molecule has 0 bridgehead atoms. The third-order valence-electron chi connectivity index (χ3n) is 2.21. The summed E-state index contributed by atoms with van der Waals surface area (Å²) < 4.78 is 22.5. The molecule has 2 rings (SSSR count). The number of carbonyl (C=O) groups excluding carboxylic acids is 1. The van der Waals surface area contributed by atoms with Gasteiger partial charge in [0.05, 0.1) is 10.4 Å². The molecule has 18 heavy (non-hydrogen) atoms. The largest absolute Gasteiger partial charge is 0.321 e. The number of thiazole rings is 1. The summed E-state index contributed by atoms with van der Waals surface area (Å²) in [6.07, 6.45) is 1.13. The molecule has 0 aliphatic rings. The highest BCUT2D eigenvalue weighted by molar-refractivity contribution is 7.90. The van der Waals surface area contributed by atoms with Crippen LogP contribution in [0.4, 0.5) is 5.69 Å². The van der Waals surface area contributed by atoms with Crippen molar-refractivity contribution >= 4 is 32.8 Å². The van der Waals surface area contributed by atoms with Crippen LogP contribution in [0.3, 0.4) is 0 Å². The monoisotopic (exact) mass is 282 g/mol. The van der Waals surface area contributed by atoms with Crippen LogP contribution in [0.15, 0.2) is 40.1 Å². The highest BCUT2D eigenvalue weighted by Crippen LogP contribution is 2.14. The van der Waals surface area contributed by atoms with E-state index in [0.29, 0.717) is 11.4 Å². The van der Waals surface area contributed by atoms with Gasteiger partial charge in [0.2, 0.25) is 0 Å². The molecule has 1 amide bonds. The Morgan fingerprint density at radius 3 is 2.44 bits per heavy atom. The van der Waals surface area contributed by atoms with Crippen molar-refractivity contribution < 1.29 is 13.2 Å². The lowest BCUT2D eigenvalue weighted by atomic mass is 10.3. The minimum atomic E-state index is -3.21. The van der Waals surface area contributed by atoms with E-state index in [4.69, 9.17) is 0 Å². The Morgan fingerprint density at radius 1 is 1.28 bits per heavy atom. The van der Waals surface area contributed by atoms with Gasteiger partial charge in [-0.15, -0.1) is 11.3 Å². The molecule has 0 spiro atoms. The van der Waals surface area contributed by atoms with Gasteiger partial charge in [0, 0.05) is 17.3 Å². The minimum Gasteiger partial charge on any atom is -0.321 e. The summed E-state index contributed by atoms with van der Waals surface area (Å²) in [6.45, 7) is 0. The summed E-state index contributed by atoms with van der Waals surface area (Å²) in [5.74, 6) is -0.316. The molecule has 1 heterocycles. The number of anilines is 1. The van der Waals surface area contributed by atoms with Gasteiger partial charge in [0.15, 0.2) is 9.84 Å². The lowest BCUT2D eigenvalue weighted by Gasteiger charge is -2.04. The van der Waals surface area contributed by atoms with Crippen LogP contribution in [-0.4, -0.2) is 25.6 Å². The maximum atomic E-state index is 11.7. The number of rotatable bonds is 3. The van der Waals surface area contributed by atoms with Gasteiger partial charge in [-0.2, -0.15) is 0 Å². The molecular formula is C11H10N2O3S2. The van der Waals surface area contributed by atoms with Crippen LogP contribution in [0.5, 0.6) is 0 Å². The fraction of sp³-hybridized carbons (Fsp3) is 0.0909. The summed E-state index contributed by atoms with van der Waals surface area (Å²) >= 11 is 1.33. The van der Waals surface area contributed by atoms with Crippen LogP contribution >= 0.6 is 11.3 Å². The van der Waals surface area contributed by atoms with Gasteiger partial charge >= 0.3 is 0 Å². The van der Waals surface area contributed by atoms with Crippen molar-refractivity contribution in [2.24, 2.45) is 0 Å². The van der Waals surface area contributed by atoms with E-state index < -0.39 is 9.84 Å². The van der Waals surface area contributed by atoms with Crippen LogP contribution in [0.1, 0.15) is 10.5 Å². The Kier molecular flexibility index (Phi) is 3.44. The molecule has 94 valence electrons. The average molecular weight is 282 g/mol. The number of nitrogens with zero attached hydrogens (tertiary/aromatic N) is 1. The van der Waals surface area contributed by atoms with E-state index in [1.807, 2.05) is 0 Å². The number of hydrogen-bond donors (Lipinski definition) is 1. The second-order valence-corrected chi connectivity index (χ2v) is 6.36. The zero-order valence-corrected chi connectivity index (χ0v) is 11.1. The van der Waals surface area contributed by atoms with Gasteiger partial charge in [-0.1, -0.05) is 0 Å². The van der Waals surface area contributed by atoms with Gasteiger partial charge in [-0.05, 0) is 24.3 Å². The highest BCUT2D eigenvalue weighted by atomic mass is 32.2. The quantitative estimate of drug-likeness (QED) is 0.931. The number of nitrogens with one attached hydrogen (secondary N) is 1. The number of benzene rings is 1. The third kappa shape index (κ3) is 2.93. The Labute approximate surface area is 108 Å². The fourth-order valence-electron chi connectivity index (χ4n) is 1.31. The molecule has 0 saturated heterocycles. The fourth-order valence-corrected chi connectivity index (χ4v) is 2.47. The van der Waals surface area contributed by atoms with Gasteiger partial charge in [0.1, 0.15) is 5.69 Å². The van der Waals surface area contributed by atoms with E-state index in [2.05, 4.69) is 10.3 Å². The van der Waals surface area contributed by atoms with Crippen LogP contribution in [0, 0.1) is 0 Å². The standard InChI is InChI=1S/C11H10N2O3S2/c1-18(15,16)9-4-2-8(3-5-9)13-11(14)10-6-17-7-12-10/h2-7H,1H3,(H,13,14). The van der Waals surface area contributed by atoms with Crippen molar-refractivity contribution in [3.63, 3.8) is 0 Å². The van der Waals surface area contributed by atoms with Crippen molar-refractivity contribution in [3.8, 4) is 0 Å². The van der Waals surface area contributed by atoms with E-state index in [0.717, 1.165) is 6.26 Å². The second-order valence-electron chi connectivity index (χ2n) is 3.62. The number of hydrogen-bond acceptors (Lipinski definition) is 5. The lowest BCUT2D eigenvalue weighted by molar-refractivity contribution is 0.102. The summed E-state index contributed by atoms with van der Waals surface area (Å²) in [6, 6.07) is 5.99. The molecule has 1 N–H and O–H groups in total. The van der Waals surface area contributed by atoms with E-state index in [9.17, 15) is 13.2 Å². The summed E-state index contributed by atoms with van der Waals surface area (Å²) in [5.41, 5.74) is 2.44. The van der Waals surface area contributed by atoms with Crippen molar-refractivity contribution in [2.45, 2.75) is 4.90 Å². The maximum Gasteiger partial charge on any atom is 0.275 e. The van der Waals surface area contributed by atoms with E-state index in [1.165, 1.54) is 23.5 Å². The molecule has 1 aromatic carbocycles. The lowest BCUT2D eigenvalue weighted by Crippen LogP contribution is -2.12.